The molecule has 0 unspecified atom stereocenters. The Hall–Kier alpha value is -6.04. The quantitative estimate of drug-likeness (QED) is 0.0743. The number of allylic oxidation sites excluding steroid dienone is 10. The first-order valence-corrected chi connectivity index (χ1v) is 20.8. The molecular weight excluding hydrogens is 1290 g/mol. The van der Waals surface area contributed by atoms with E-state index in [0.29, 0.717) is 0 Å². The molecule has 0 aliphatic heterocycles. The number of ketones is 2. The monoisotopic (exact) mass is 1310 g/mol. The standard InChI is InChI=1S/C44H22F34N2O2.Mn/c45-29(46,31(49,50)33(53,54)35(57,58)37(61,62)39(65,66)41(69,70)43(73,74)75)23-11-13-25(81)21(15-23)17-79-27(19-7-3-1-4-8-19)28(20-9-5-2-6-10-20)80-18-22-16-24(12-14-26(22)82)30(47,48)32(51,52)34(55,56)36(59,60)38(63,64)40(67,68)42(71,72)44(76,77)78;/h1-18,27-28,79-80H;/b21-17-,22-18-;/t27-,28-;/m1./s1. The molecule has 2 aromatic rings. The molecule has 2 aliphatic rings. The van der Waals surface area contributed by atoms with Crippen LogP contribution in [-0.4, -0.2) is 107 Å². The molecule has 83 heavy (non-hydrogen) atoms. The van der Waals surface area contributed by atoms with Crippen LogP contribution >= 0.6 is 0 Å². The minimum Gasteiger partial charge on any atom is -0.381 e. The zero-order valence-corrected chi connectivity index (χ0v) is 39.8. The second-order valence-electron chi connectivity index (χ2n) is 16.9. The normalized spacial score (nSPS) is 18.4. The number of benzene rings is 2. The maximum Gasteiger partial charge on any atom is 0.460 e. The van der Waals surface area contributed by atoms with E-state index in [1.165, 1.54) is 12.1 Å². The molecule has 2 N–H and O–H groups in total. The fourth-order valence-electron chi connectivity index (χ4n) is 6.85. The summed E-state index contributed by atoms with van der Waals surface area (Å²) >= 11 is 0. The number of alkyl halides is 34. The van der Waals surface area contributed by atoms with Gasteiger partial charge in [-0.2, -0.15) is 149 Å². The van der Waals surface area contributed by atoms with Gasteiger partial charge in [0.15, 0.2) is 11.6 Å². The molecule has 0 fully saturated rings. The number of nitrogens with one attached hydrogen (secondary N) is 2. The van der Waals surface area contributed by atoms with Crippen molar-refractivity contribution in [3.8, 4) is 0 Å². The summed E-state index contributed by atoms with van der Waals surface area (Å²) in [6, 6.07) is 7.15. The second kappa shape index (κ2) is 21.8. The van der Waals surface area contributed by atoms with Gasteiger partial charge < -0.3 is 10.6 Å². The van der Waals surface area contributed by atoms with E-state index in [9.17, 15) is 141 Å². The minimum atomic E-state index is -9.00. The Morgan fingerprint density at radius 3 is 0.747 bits per heavy atom. The summed E-state index contributed by atoms with van der Waals surface area (Å²) < 4.78 is 477. The second-order valence-corrected chi connectivity index (χ2v) is 16.9. The fourth-order valence-corrected chi connectivity index (χ4v) is 6.85. The summed E-state index contributed by atoms with van der Waals surface area (Å²) in [6.45, 7) is 0. The fraction of sp³-hybridized carbons (Fsp3) is 0.409. The Bertz CT molecular complexity index is 2720. The van der Waals surface area contributed by atoms with E-state index < -0.39 is 166 Å². The van der Waals surface area contributed by atoms with Gasteiger partial charge in [-0.1, -0.05) is 60.7 Å². The van der Waals surface area contributed by atoms with Crippen molar-refractivity contribution in [2.45, 2.75) is 107 Å². The molecule has 465 valence electrons. The van der Waals surface area contributed by atoms with Gasteiger partial charge in [-0.15, -0.1) is 0 Å². The predicted molar refractivity (Wildman–Crippen MR) is 207 cm³/mol. The third-order valence-electron chi connectivity index (χ3n) is 11.7. The van der Waals surface area contributed by atoms with Crippen molar-refractivity contribution in [1.82, 2.24) is 10.6 Å². The maximum absolute atomic E-state index is 15.4. The van der Waals surface area contributed by atoms with E-state index in [1.54, 1.807) is 0 Å². The van der Waals surface area contributed by atoms with Crippen LogP contribution in [0.15, 0.2) is 132 Å². The summed E-state index contributed by atoms with van der Waals surface area (Å²) in [5, 5.41) is 4.35. The van der Waals surface area contributed by atoms with Gasteiger partial charge in [0, 0.05) is 51.8 Å². The van der Waals surface area contributed by atoms with Gasteiger partial charge in [-0.3, -0.25) is 9.59 Å². The number of rotatable bonds is 21. The molecule has 2 atom stereocenters. The number of hydrogen-bond acceptors (Lipinski definition) is 4. The van der Waals surface area contributed by atoms with Crippen molar-refractivity contribution in [3.05, 3.63) is 143 Å². The summed E-state index contributed by atoms with van der Waals surface area (Å²) in [6.07, 6.45) is -19.2. The van der Waals surface area contributed by atoms with Gasteiger partial charge in [-0.05, 0) is 47.6 Å². The third kappa shape index (κ3) is 10.8. The van der Waals surface area contributed by atoms with Crippen LogP contribution < -0.4 is 10.6 Å². The number of carbonyl (C=O) groups excluding carboxylic acids is 2. The largest absolute Gasteiger partial charge is 0.460 e. The number of carbonyl (C=O) groups is 2. The van der Waals surface area contributed by atoms with Crippen LogP contribution in [0.5, 0.6) is 0 Å². The molecule has 0 saturated carbocycles. The Balaban J connectivity index is 0.0000181. The summed E-state index contributed by atoms with van der Waals surface area (Å²) in [4.78, 5) is 25.6. The number of halogens is 34. The Labute approximate surface area is 448 Å². The SMILES string of the molecule is O=C1C=CC(C(F)(F)C(F)(F)C(F)(F)C(F)(F)C(F)(F)C(F)(F)C(F)(F)C(F)(F)F)=C/C1=C/N[C@H](c1ccccc1)[C@H](N/C=C1/C=C(C(F)(F)C(F)(F)C(F)(F)C(F)(F)C(F)(F)C(F)(F)C(F)(F)C(F)(F)F)C=CC1=O)c1ccccc1.[Mn]. The van der Waals surface area contributed by atoms with Crippen molar-refractivity contribution >= 4 is 11.6 Å². The predicted octanol–water partition coefficient (Wildman–Crippen LogP) is 15.6. The van der Waals surface area contributed by atoms with Crippen LogP contribution in [0.2, 0.25) is 0 Å². The maximum atomic E-state index is 15.4. The Morgan fingerprint density at radius 1 is 0.301 bits per heavy atom. The van der Waals surface area contributed by atoms with Crippen LogP contribution in [0.25, 0.3) is 0 Å². The van der Waals surface area contributed by atoms with E-state index >= 15 is 17.6 Å². The zero-order valence-electron chi connectivity index (χ0n) is 38.6. The summed E-state index contributed by atoms with van der Waals surface area (Å²) in [5.74, 6) is -123. The van der Waals surface area contributed by atoms with Gasteiger partial charge in [0.25, 0.3) is 0 Å². The molecule has 0 amide bonds. The molecule has 0 bridgehead atoms. The van der Waals surface area contributed by atoms with E-state index in [4.69, 9.17) is 0 Å². The minimum absolute atomic E-state index is 0. The number of hydrogen-bond donors (Lipinski definition) is 2. The van der Waals surface area contributed by atoms with Gasteiger partial charge in [0.05, 0.1) is 12.1 Å². The van der Waals surface area contributed by atoms with Crippen molar-refractivity contribution in [1.29, 1.82) is 0 Å². The summed E-state index contributed by atoms with van der Waals surface area (Å²) in [7, 11) is 0. The Kier molecular flexibility index (Phi) is 18.7. The van der Waals surface area contributed by atoms with Crippen LogP contribution in [0.3, 0.4) is 0 Å². The van der Waals surface area contributed by atoms with Crippen molar-refractivity contribution in [2.24, 2.45) is 0 Å². The first-order chi connectivity index (χ1) is 36.4. The van der Waals surface area contributed by atoms with Gasteiger partial charge >= 0.3 is 95.3 Å². The van der Waals surface area contributed by atoms with Gasteiger partial charge in [0.1, 0.15) is 0 Å². The van der Waals surface area contributed by atoms with E-state index in [-0.39, 0.29) is 52.7 Å². The van der Waals surface area contributed by atoms with Crippen molar-refractivity contribution in [3.63, 3.8) is 0 Å². The van der Waals surface area contributed by atoms with Crippen LogP contribution in [0.4, 0.5) is 149 Å². The molecule has 2 aromatic carbocycles. The molecule has 2 aliphatic carbocycles. The average molecular weight is 1310 g/mol. The van der Waals surface area contributed by atoms with Crippen molar-refractivity contribution < 1.29 is 176 Å². The molecule has 0 saturated heterocycles. The molecular formula is C44H22F34MnN2O2. The van der Waals surface area contributed by atoms with Crippen LogP contribution in [0.1, 0.15) is 23.2 Å². The van der Waals surface area contributed by atoms with Gasteiger partial charge in [-0.25, -0.2) is 0 Å². The first kappa shape index (κ1) is 71.2. The third-order valence-corrected chi connectivity index (χ3v) is 11.7. The molecule has 0 spiro atoms. The van der Waals surface area contributed by atoms with E-state index in [0.717, 1.165) is 48.5 Å². The van der Waals surface area contributed by atoms with E-state index in [2.05, 4.69) is 10.6 Å². The molecule has 39 heteroatoms. The zero-order chi connectivity index (χ0) is 63.9. The van der Waals surface area contributed by atoms with Crippen LogP contribution in [0, 0.1) is 0 Å². The Morgan fingerprint density at radius 2 is 0.518 bits per heavy atom. The summed E-state index contributed by atoms with van der Waals surface area (Å²) in [5.41, 5.74) is -9.41. The molecule has 0 aromatic heterocycles. The van der Waals surface area contributed by atoms with E-state index in [1.807, 2.05) is 0 Å². The topological polar surface area (TPSA) is 58.2 Å². The first-order valence-electron chi connectivity index (χ1n) is 20.8. The van der Waals surface area contributed by atoms with Gasteiger partial charge in [0.2, 0.25) is 0 Å². The smallest absolute Gasteiger partial charge is 0.381 e. The molecule has 1 radical (unpaired) electrons. The molecule has 0 heterocycles. The van der Waals surface area contributed by atoms with Crippen molar-refractivity contribution in [2.75, 3.05) is 0 Å². The molecule has 4 rings (SSSR count). The van der Waals surface area contributed by atoms with Crippen LogP contribution in [-0.2, 0) is 26.7 Å². The molecule has 4 nitrogen and oxygen atoms in total. The average Bonchev–Trinajstić information content (AvgIpc) is 1.05.